The van der Waals surface area contributed by atoms with E-state index >= 15 is 0 Å². The van der Waals surface area contributed by atoms with E-state index in [2.05, 4.69) is 50.1 Å². The van der Waals surface area contributed by atoms with Crippen LogP contribution < -0.4 is 5.32 Å². The highest BCUT2D eigenvalue weighted by Crippen LogP contribution is 2.35. The lowest BCUT2D eigenvalue weighted by molar-refractivity contribution is -0.142. The molecule has 0 unspecified atom stereocenters. The molecule has 0 aliphatic carbocycles. The lowest BCUT2D eigenvalue weighted by Gasteiger charge is -2.19. The number of para-hydroxylation sites is 2. The molecule has 0 fully saturated rings. The number of fused-ring (bicyclic) bond motifs is 1. The van der Waals surface area contributed by atoms with Crippen LogP contribution in [0.2, 0.25) is 0 Å². The van der Waals surface area contributed by atoms with Crippen molar-refractivity contribution in [3.05, 3.63) is 40.1 Å². The molecule has 0 radical (unpaired) electrons. The topological polar surface area (TPSA) is 68.0 Å². The van der Waals surface area contributed by atoms with E-state index in [4.69, 9.17) is 0 Å². The van der Waals surface area contributed by atoms with Gasteiger partial charge in [-0.2, -0.15) is 18.3 Å². The maximum absolute atomic E-state index is 13.1. The quantitative estimate of drug-likeness (QED) is 0.500. The number of benzene rings is 1. The van der Waals surface area contributed by atoms with Crippen molar-refractivity contribution in [3.63, 3.8) is 0 Å². The third-order valence-electron chi connectivity index (χ3n) is 5.14. The number of carbonyl (C=O) groups is 1. The molecule has 0 atom stereocenters. The molecule has 7 nitrogen and oxygen atoms in total. The molecule has 0 aliphatic heterocycles. The molecule has 3 aromatic rings. The number of rotatable bonds is 8. The molecule has 3 rings (SSSR count). The molecule has 1 aromatic carbocycles. The van der Waals surface area contributed by atoms with E-state index < -0.39 is 17.8 Å². The molecule has 11 heteroatoms. The molecule has 0 saturated carbocycles. The summed E-state index contributed by atoms with van der Waals surface area (Å²) in [5, 5.41) is 6.30. The summed E-state index contributed by atoms with van der Waals surface area (Å²) >= 11 is 2.92. The van der Waals surface area contributed by atoms with Gasteiger partial charge in [0.1, 0.15) is 6.54 Å². The Balaban J connectivity index is 1.83. The summed E-state index contributed by atoms with van der Waals surface area (Å²) in [4.78, 5) is 19.4. The van der Waals surface area contributed by atoms with E-state index in [0.717, 1.165) is 35.3 Å². The van der Waals surface area contributed by atoms with E-state index in [-0.39, 0.29) is 16.7 Å². The van der Waals surface area contributed by atoms with Crippen LogP contribution in [0.1, 0.15) is 25.2 Å². The number of likely N-dealkylation sites (N-methyl/N-ethyl adjacent to an activating group) is 1. The zero-order valence-corrected chi connectivity index (χ0v) is 19.1. The zero-order chi connectivity index (χ0) is 22.8. The minimum Gasteiger partial charge on any atom is -0.309 e. The lowest BCUT2D eigenvalue weighted by Crippen LogP contribution is -2.28. The Morgan fingerprint density at radius 3 is 2.52 bits per heavy atom. The smallest absolute Gasteiger partial charge is 0.309 e. The Hall–Kier alpha value is -2.40. The second-order valence-corrected chi connectivity index (χ2v) is 7.85. The van der Waals surface area contributed by atoms with Gasteiger partial charge >= 0.3 is 6.18 Å². The largest absolute Gasteiger partial charge is 0.436 e. The average Bonchev–Trinajstić information content (AvgIpc) is 3.20. The van der Waals surface area contributed by atoms with Crippen LogP contribution in [0.15, 0.2) is 28.7 Å². The van der Waals surface area contributed by atoms with Crippen LogP contribution in [0.3, 0.4) is 0 Å². The van der Waals surface area contributed by atoms with Crippen LogP contribution >= 0.6 is 15.9 Å². The van der Waals surface area contributed by atoms with Gasteiger partial charge in [-0.25, -0.2) is 4.98 Å². The fraction of sp³-hybridized carbons (Fsp3) is 0.450. The van der Waals surface area contributed by atoms with Gasteiger partial charge in [0.25, 0.3) is 0 Å². The zero-order valence-electron chi connectivity index (χ0n) is 17.5. The summed E-state index contributed by atoms with van der Waals surface area (Å²) in [5.41, 5.74) is 0.777. The summed E-state index contributed by atoms with van der Waals surface area (Å²) in [6.45, 7) is 8.47. The first-order valence-electron chi connectivity index (χ1n) is 9.93. The number of halogens is 4. The van der Waals surface area contributed by atoms with Gasteiger partial charge in [0, 0.05) is 13.1 Å². The van der Waals surface area contributed by atoms with Gasteiger partial charge in [-0.05, 0) is 48.1 Å². The number of nitrogens with one attached hydrogen (secondary N) is 1. The predicted molar refractivity (Wildman–Crippen MR) is 116 cm³/mol. The standard InChI is InChI=1S/C20H24BrF3N6O/c1-4-28(5-2)10-11-29-15-9-7-6-8-14(15)25-19(29)26-16(31)12-30-13(3)17(21)18(27-30)20(22,23)24/h6-9H,4-5,10-12H2,1-3H3,(H,25,26,31). The van der Waals surface area contributed by atoms with Crippen molar-refractivity contribution < 1.29 is 18.0 Å². The van der Waals surface area contributed by atoms with Crippen LogP contribution in [0.25, 0.3) is 11.0 Å². The molecule has 0 saturated heterocycles. The van der Waals surface area contributed by atoms with Crippen LogP contribution in [0.4, 0.5) is 19.1 Å². The average molecular weight is 501 g/mol. The number of hydrogen-bond acceptors (Lipinski definition) is 4. The Labute approximate surface area is 186 Å². The third kappa shape index (κ3) is 5.09. The molecule has 1 N–H and O–H groups in total. The van der Waals surface area contributed by atoms with Crippen molar-refractivity contribution in [1.82, 2.24) is 24.2 Å². The fourth-order valence-corrected chi connectivity index (χ4v) is 3.85. The highest BCUT2D eigenvalue weighted by atomic mass is 79.9. The Morgan fingerprint density at radius 1 is 1.23 bits per heavy atom. The van der Waals surface area contributed by atoms with Crippen molar-refractivity contribution in [2.75, 3.05) is 25.0 Å². The summed E-state index contributed by atoms with van der Waals surface area (Å²) in [7, 11) is 0. The second kappa shape index (κ2) is 9.39. The van der Waals surface area contributed by atoms with Crippen molar-refractivity contribution in [2.45, 2.75) is 40.0 Å². The van der Waals surface area contributed by atoms with Crippen LogP contribution in [0.5, 0.6) is 0 Å². The van der Waals surface area contributed by atoms with Crippen LogP contribution in [0, 0.1) is 6.92 Å². The minimum absolute atomic E-state index is 0.167. The minimum atomic E-state index is -4.61. The first-order valence-corrected chi connectivity index (χ1v) is 10.7. The lowest BCUT2D eigenvalue weighted by atomic mass is 10.3. The van der Waals surface area contributed by atoms with Crippen molar-refractivity contribution in [2.24, 2.45) is 0 Å². The Kier molecular flexibility index (Phi) is 7.05. The number of amides is 1. The number of anilines is 1. The van der Waals surface area contributed by atoms with E-state index in [1.807, 2.05) is 28.8 Å². The molecule has 2 aromatic heterocycles. The molecule has 31 heavy (non-hydrogen) atoms. The van der Waals surface area contributed by atoms with Crippen LogP contribution in [-0.4, -0.2) is 49.8 Å². The highest BCUT2D eigenvalue weighted by Gasteiger charge is 2.38. The van der Waals surface area contributed by atoms with Gasteiger partial charge in [-0.15, -0.1) is 0 Å². The number of aromatic nitrogens is 4. The molecule has 168 valence electrons. The second-order valence-electron chi connectivity index (χ2n) is 7.05. The fourth-order valence-electron chi connectivity index (χ4n) is 3.34. The van der Waals surface area contributed by atoms with Gasteiger partial charge < -0.3 is 9.47 Å². The van der Waals surface area contributed by atoms with Crippen molar-refractivity contribution in [1.29, 1.82) is 0 Å². The first kappa shape index (κ1) is 23.3. The Morgan fingerprint density at radius 2 is 1.90 bits per heavy atom. The highest BCUT2D eigenvalue weighted by molar-refractivity contribution is 9.10. The van der Waals surface area contributed by atoms with Gasteiger partial charge in [0.15, 0.2) is 5.69 Å². The summed E-state index contributed by atoms with van der Waals surface area (Å²) in [6, 6.07) is 7.53. The third-order valence-corrected chi connectivity index (χ3v) is 6.08. The van der Waals surface area contributed by atoms with E-state index in [0.29, 0.717) is 12.5 Å². The van der Waals surface area contributed by atoms with Crippen LogP contribution in [-0.2, 0) is 24.1 Å². The van der Waals surface area contributed by atoms with Gasteiger partial charge in [-0.3, -0.25) is 14.8 Å². The Bertz CT molecular complexity index is 1070. The molecule has 2 heterocycles. The molecule has 0 aliphatic rings. The maximum atomic E-state index is 13.1. The molecule has 0 bridgehead atoms. The van der Waals surface area contributed by atoms with Crippen molar-refractivity contribution in [3.8, 4) is 0 Å². The molecular weight excluding hydrogens is 477 g/mol. The molecule has 1 amide bonds. The van der Waals surface area contributed by atoms with E-state index in [1.165, 1.54) is 6.92 Å². The number of nitrogens with zero attached hydrogens (tertiary/aromatic N) is 5. The summed E-state index contributed by atoms with van der Waals surface area (Å²) in [6.07, 6.45) is -4.61. The van der Waals surface area contributed by atoms with E-state index in [1.54, 1.807) is 0 Å². The van der Waals surface area contributed by atoms with Gasteiger partial charge in [0.2, 0.25) is 11.9 Å². The molecular formula is C20H24BrF3N6O. The van der Waals surface area contributed by atoms with Gasteiger partial charge in [0.05, 0.1) is 21.2 Å². The maximum Gasteiger partial charge on any atom is 0.436 e. The van der Waals surface area contributed by atoms with Crippen molar-refractivity contribution >= 4 is 38.8 Å². The van der Waals surface area contributed by atoms with Gasteiger partial charge in [-0.1, -0.05) is 26.0 Å². The number of imidazole rings is 1. The molecule has 0 spiro atoms. The number of alkyl halides is 3. The SMILES string of the molecule is CCN(CC)CCn1c(NC(=O)Cn2nc(C(F)(F)F)c(Br)c2C)nc2ccccc21. The summed E-state index contributed by atoms with van der Waals surface area (Å²) < 4.78 is 42.0. The number of carbonyl (C=O) groups excluding carboxylic acids is 1. The predicted octanol–water partition coefficient (Wildman–Crippen LogP) is 4.30. The number of hydrogen-bond donors (Lipinski definition) is 1. The monoisotopic (exact) mass is 500 g/mol. The normalized spacial score (nSPS) is 12.1. The van der Waals surface area contributed by atoms with E-state index in [9.17, 15) is 18.0 Å². The summed E-state index contributed by atoms with van der Waals surface area (Å²) in [5.74, 6) is -0.149. The first-order chi connectivity index (χ1) is 14.7.